The summed E-state index contributed by atoms with van der Waals surface area (Å²) >= 11 is 0. The average Bonchev–Trinajstić information content (AvgIpc) is 2.66. The predicted molar refractivity (Wildman–Crippen MR) is 106 cm³/mol. The Morgan fingerprint density at radius 3 is 2.52 bits per heavy atom. The van der Waals surface area contributed by atoms with Gasteiger partial charge in [0.25, 0.3) is 5.91 Å². The topological polar surface area (TPSA) is 93.9 Å². The Morgan fingerprint density at radius 2 is 1.81 bits per heavy atom. The van der Waals surface area contributed by atoms with Gasteiger partial charge in [0.05, 0.1) is 5.56 Å². The standard InChI is InChI=1S/C19H21N3O4.ClH/c1-2-22(19(24)14-5-3-4-6-15(14)20)12-18(23)21-13-7-8-16-17(11-13)26-10-9-25-16;/h3-8,11H,2,9-10,12,20H2,1H3,(H,21,23);1H. The van der Waals surface area contributed by atoms with E-state index in [-0.39, 0.29) is 30.8 Å². The molecule has 0 saturated carbocycles. The third kappa shape index (κ3) is 4.83. The number of rotatable bonds is 5. The first kappa shape index (κ1) is 20.4. The van der Waals surface area contributed by atoms with Gasteiger partial charge < -0.3 is 25.4 Å². The van der Waals surface area contributed by atoms with E-state index in [1.54, 1.807) is 42.5 Å². The second kappa shape index (κ2) is 9.14. The second-order valence-electron chi connectivity index (χ2n) is 5.81. The highest BCUT2D eigenvalue weighted by molar-refractivity contribution is 6.02. The van der Waals surface area contributed by atoms with Crippen LogP contribution in [0.3, 0.4) is 0 Å². The maximum Gasteiger partial charge on any atom is 0.256 e. The molecule has 0 aromatic heterocycles. The monoisotopic (exact) mass is 391 g/mol. The van der Waals surface area contributed by atoms with Crippen molar-refractivity contribution >= 4 is 35.6 Å². The fourth-order valence-corrected chi connectivity index (χ4v) is 2.68. The van der Waals surface area contributed by atoms with Crippen LogP contribution in [0.25, 0.3) is 0 Å². The summed E-state index contributed by atoms with van der Waals surface area (Å²) < 4.78 is 11.0. The van der Waals surface area contributed by atoms with Gasteiger partial charge in [-0.2, -0.15) is 0 Å². The van der Waals surface area contributed by atoms with E-state index < -0.39 is 0 Å². The van der Waals surface area contributed by atoms with Gasteiger partial charge in [-0.05, 0) is 31.2 Å². The lowest BCUT2D eigenvalue weighted by molar-refractivity contribution is -0.116. The third-order valence-corrected chi connectivity index (χ3v) is 4.02. The maximum absolute atomic E-state index is 12.6. The number of carbonyl (C=O) groups is 2. The second-order valence-corrected chi connectivity index (χ2v) is 5.81. The van der Waals surface area contributed by atoms with Gasteiger partial charge in [0, 0.05) is 24.0 Å². The average molecular weight is 392 g/mol. The van der Waals surface area contributed by atoms with Gasteiger partial charge in [0.15, 0.2) is 11.5 Å². The van der Waals surface area contributed by atoms with Crippen LogP contribution in [-0.2, 0) is 4.79 Å². The molecule has 0 spiro atoms. The number of nitrogens with two attached hydrogens (primary N) is 1. The molecule has 0 radical (unpaired) electrons. The maximum atomic E-state index is 12.6. The minimum atomic E-state index is -0.300. The molecule has 144 valence electrons. The van der Waals surface area contributed by atoms with Crippen molar-refractivity contribution in [2.75, 3.05) is 37.4 Å². The van der Waals surface area contributed by atoms with Crippen LogP contribution in [0.5, 0.6) is 11.5 Å². The van der Waals surface area contributed by atoms with E-state index in [4.69, 9.17) is 15.2 Å². The number of nitrogen functional groups attached to an aromatic ring is 1. The number of amides is 2. The van der Waals surface area contributed by atoms with Gasteiger partial charge in [0.2, 0.25) is 5.91 Å². The Bertz CT molecular complexity index is 828. The first-order valence-electron chi connectivity index (χ1n) is 8.41. The molecule has 8 heteroatoms. The Labute approximate surface area is 163 Å². The number of benzene rings is 2. The molecule has 1 aliphatic heterocycles. The molecule has 1 aliphatic rings. The van der Waals surface area contributed by atoms with Crippen molar-refractivity contribution in [3.63, 3.8) is 0 Å². The largest absolute Gasteiger partial charge is 0.486 e. The molecule has 0 unspecified atom stereocenters. The van der Waals surface area contributed by atoms with Crippen LogP contribution in [-0.4, -0.2) is 43.0 Å². The lowest BCUT2D eigenvalue weighted by atomic mass is 10.1. The Morgan fingerprint density at radius 1 is 1.11 bits per heavy atom. The zero-order valence-corrected chi connectivity index (χ0v) is 15.8. The molecule has 0 aliphatic carbocycles. The van der Waals surface area contributed by atoms with E-state index in [1.807, 2.05) is 6.92 Å². The zero-order chi connectivity index (χ0) is 18.5. The van der Waals surface area contributed by atoms with Gasteiger partial charge in [-0.3, -0.25) is 9.59 Å². The van der Waals surface area contributed by atoms with Crippen LogP contribution in [0.15, 0.2) is 42.5 Å². The molecule has 2 aromatic carbocycles. The van der Waals surface area contributed by atoms with Gasteiger partial charge in [-0.1, -0.05) is 12.1 Å². The van der Waals surface area contributed by atoms with Crippen molar-refractivity contribution in [2.24, 2.45) is 0 Å². The summed E-state index contributed by atoms with van der Waals surface area (Å²) in [6.45, 7) is 3.12. The van der Waals surface area contributed by atoms with Crippen molar-refractivity contribution in [3.8, 4) is 11.5 Å². The summed E-state index contributed by atoms with van der Waals surface area (Å²) in [6.07, 6.45) is 0. The number of fused-ring (bicyclic) bond motifs is 1. The van der Waals surface area contributed by atoms with Crippen LogP contribution < -0.4 is 20.5 Å². The number of halogens is 1. The minimum Gasteiger partial charge on any atom is -0.486 e. The van der Waals surface area contributed by atoms with Crippen molar-refractivity contribution in [1.82, 2.24) is 4.90 Å². The van der Waals surface area contributed by atoms with E-state index in [2.05, 4.69) is 5.32 Å². The molecule has 2 aromatic rings. The molecule has 0 fully saturated rings. The van der Waals surface area contributed by atoms with Gasteiger partial charge in [-0.15, -0.1) is 12.4 Å². The molecule has 7 nitrogen and oxygen atoms in total. The van der Waals surface area contributed by atoms with Gasteiger partial charge in [0.1, 0.15) is 19.8 Å². The van der Waals surface area contributed by atoms with E-state index in [1.165, 1.54) is 4.90 Å². The molecule has 27 heavy (non-hydrogen) atoms. The number of carbonyl (C=O) groups excluding carboxylic acids is 2. The van der Waals surface area contributed by atoms with Crippen LogP contribution in [0.4, 0.5) is 11.4 Å². The number of para-hydroxylation sites is 1. The zero-order valence-electron chi connectivity index (χ0n) is 14.9. The lowest BCUT2D eigenvalue weighted by Gasteiger charge is -2.22. The molecule has 0 saturated heterocycles. The molecular formula is C19H22ClN3O4. The molecule has 3 rings (SSSR count). The summed E-state index contributed by atoms with van der Waals surface area (Å²) in [4.78, 5) is 26.4. The quantitative estimate of drug-likeness (QED) is 0.764. The minimum absolute atomic E-state index is 0. The van der Waals surface area contributed by atoms with Crippen molar-refractivity contribution < 1.29 is 19.1 Å². The lowest BCUT2D eigenvalue weighted by Crippen LogP contribution is -2.38. The predicted octanol–water partition coefficient (Wildman–Crippen LogP) is 2.56. The number of likely N-dealkylation sites (N-methyl/N-ethyl adjacent to an activating group) is 1. The number of hydrogen-bond acceptors (Lipinski definition) is 5. The summed E-state index contributed by atoms with van der Waals surface area (Å²) in [5, 5.41) is 2.78. The summed E-state index contributed by atoms with van der Waals surface area (Å²) in [6, 6.07) is 12.0. The number of nitrogens with one attached hydrogen (secondary N) is 1. The summed E-state index contributed by atoms with van der Waals surface area (Å²) in [7, 11) is 0. The van der Waals surface area contributed by atoms with Crippen LogP contribution in [0, 0.1) is 0 Å². The van der Waals surface area contributed by atoms with Gasteiger partial charge in [-0.25, -0.2) is 0 Å². The van der Waals surface area contributed by atoms with Crippen LogP contribution in [0.1, 0.15) is 17.3 Å². The molecule has 1 heterocycles. The highest BCUT2D eigenvalue weighted by Crippen LogP contribution is 2.32. The van der Waals surface area contributed by atoms with Crippen LogP contribution >= 0.6 is 12.4 Å². The third-order valence-electron chi connectivity index (χ3n) is 4.02. The highest BCUT2D eigenvalue weighted by atomic mass is 35.5. The molecular weight excluding hydrogens is 370 g/mol. The first-order valence-corrected chi connectivity index (χ1v) is 8.41. The van der Waals surface area contributed by atoms with Gasteiger partial charge >= 0.3 is 0 Å². The summed E-state index contributed by atoms with van der Waals surface area (Å²) in [5.41, 5.74) is 7.23. The Hall–Kier alpha value is -2.93. The highest BCUT2D eigenvalue weighted by Gasteiger charge is 2.20. The van der Waals surface area contributed by atoms with E-state index in [0.717, 1.165) is 0 Å². The fraction of sp³-hybridized carbons (Fsp3) is 0.263. The first-order chi connectivity index (χ1) is 12.6. The van der Waals surface area contributed by atoms with Crippen molar-refractivity contribution in [3.05, 3.63) is 48.0 Å². The number of anilines is 2. The Kier molecular flexibility index (Phi) is 6.90. The van der Waals surface area contributed by atoms with Crippen molar-refractivity contribution in [1.29, 1.82) is 0 Å². The normalized spacial score (nSPS) is 11.9. The smallest absolute Gasteiger partial charge is 0.256 e. The Balaban J connectivity index is 0.00000261. The SMILES string of the molecule is CCN(CC(=O)Nc1ccc2c(c1)OCCO2)C(=O)c1ccccc1N.Cl. The van der Waals surface area contributed by atoms with Crippen molar-refractivity contribution in [2.45, 2.75) is 6.92 Å². The molecule has 2 amide bonds. The number of nitrogens with zero attached hydrogens (tertiary/aromatic N) is 1. The van der Waals surface area contributed by atoms with E-state index in [0.29, 0.717) is 48.2 Å². The van der Waals surface area contributed by atoms with E-state index >= 15 is 0 Å². The molecule has 3 N–H and O–H groups in total. The number of hydrogen-bond donors (Lipinski definition) is 2. The fourth-order valence-electron chi connectivity index (χ4n) is 2.68. The van der Waals surface area contributed by atoms with Crippen LogP contribution in [0.2, 0.25) is 0 Å². The van der Waals surface area contributed by atoms with E-state index in [9.17, 15) is 9.59 Å². The summed E-state index contributed by atoms with van der Waals surface area (Å²) in [5.74, 6) is 0.669. The molecule has 0 atom stereocenters. The molecule has 0 bridgehead atoms. The number of ether oxygens (including phenoxy) is 2.